The fourth-order valence-corrected chi connectivity index (χ4v) is 5.24. The highest BCUT2D eigenvalue weighted by Crippen LogP contribution is 2.36. The van der Waals surface area contributed by atoms with Crippen LogP contribution in [0.3, 0.4) is 0 Å². The van der Waals surface area contributed by atoms with E-state index in [4.69, 9.17) is 21.3 Å². The molecule has 0 radical (unpaired) electrons. The summed E-state index contributed by atoms with van der Waals surface area (Å²) in [6, 6.07) is 10.7. The molecule has 0 saturated carbocycles. The molecule has 1 N–H and O–H groups in total. The molecule has 6 nitrogen and oxygen atoms in total. The summed E-state index contributed by atoms with van der Waals surface area (Å²) in [5.74, 6) is -0.206. The van der Waals surface area contributed by atoms with Gasteiger partial charge in [-0.15, -0.1) is 11.3 Å². The lowest BCUT2D eigenvalue weighted by Crippen LogP contribution is -2.33. The topological polar surface area (TPSA) is 71.5 Å². The monoisotopic (exact) mass is 457 g/mol. The SMILES string of the molecule is COC(=O)c1sc2nc(CN3CCC[C@H](C)C3)ccc2c1NC(=O)c1ccccc1Cl. The van der Waals surface area contributed by atoms with Gasteiger partial charge in [-0.25, -0.2) is 9.78 Å². The minimum atomic E-state index is -0.510. The smallest absolute Gasteiger partial charge is 0.350 e. The molecule has 0 aliphatic carbocycles. The van der Waals surface area contributed by atoms with Gasteiger partial charge in [0, 0.05) is 18.5 Å². The quantitative estimate of drug-likeness (QED) is 0.532. The second-order valence-electron chi connectivity index (χ2n) is 7.87. The zero-order valence-electron chi connectivity index (χ0n) is 17.5. The van der Waals surface area contributed by atoms with Crippen LogP contribution in [0.1, 0.15) is 45.5 Å². The van der Waals surface area contributed by atoms with Crippen LogP contribution in [-0.2, 0) is 11.3 Å². The number of fused-ring (bicyclic) bond motifs is 1. The van der Waals surface area contributed by atoms with Crippen LogP contribution in [0, 0.1) is 5.92 Å². The van der Waals surface area contributed by atoms with Crippen molar-refractivity contribution in [3.8, 4) is 0 Å². The van der Waals surface area contributed by atoms with Crippen LogP contribution in [0.5, 0.6) is 0 Å². The van der Waals surface area contributed by atoms with Crippen LogP contribution in [0.2, 0.25) is 5.02 Å². The molecule has 1 aliphatic heterocycles. The Hall–Kier alpha value is -2.48. The number of hydrogen-bond acceptors (Lipinski definition) is 6. The molecule has 0 unspecified atom stereocenters. The van der Waals surface area contributed by atoms with E-state index in [0.717, 1.165) is 25.3 Å². The average molecular weight is 458 g/mol. The number of nitrogens with zero attached hydrogens (tertiary/aromatic N) is 2. The third kappa shape index (κ3) is 4.74. The molecule has 1 fully saturated rings. The molecule has 1 saturated heterocycles. The molecule has 1 atom stereocenters. The first-order valence-corrected chi connectivity index (χ1v) is 11.4. The summed E-state index contributed by atoms with van der Waals surface area (Å²) < 4.78 is 4.94. The van der Waals surface area contributed by atoms with Crippen LogP contribution < -0.4 is 5.32 Å². The van der Waals surface area contributed by atoms with E-state index in [0.29, 0.717) is 37.3 Å². The van der Waals surface area contributed by atoms with Gasteiger partial charge in [-0.3, -0.25) is 9.69 Å². The van der Waals surface area contributed by atoms with Gasteiger partial charge in [-0.05, 0) is 49.6 Å². The summed E-state index contributed by atoms with van der Waals surface area (Å²) in [4.78, 5) is 33.4. The van der Waals surface area contributed by atoms with Crippen molar-refractivity contribution < 1.29 is 14.3 Å². The maximum absolute atomic E-state index is 12.8. The lowest BCUT2D eigenvalue weighted by atomic mass is 10.0. The number of thiophene rings is 1. The number of pyridine rings is 1. The molecule has 3 heterocycles. The third-order valence-electron chi connectivity index (χ3n) is 5.47. The van der Waals surface area contributed by atoms with E-state index in [2.05, 4.69) is 17.1 Å². The number of benzene rings is 1. The van der Waals surface area contributed by atoms with E-state index in [9.17, 15) is 9.59 Å². The number of amides is 1. The number of rotatable bonds is 5. The van der Waals surface area contributed by atoms with E-state index in [1.807, 2.05) is 12.1 Å². The lowest BCUT2D eigenvalue weighted by Gasteiger charge is -2.30. The molecule has 1 aliphatic rings. The Morgan fingerprint density at radius 1 is 1.29 bits per heavy atom. The van der Waals surface area contributed by atoms with E-state index in [1.54, 1.807) is 24.3 Å². The number of aromatic nitrogens is 1. The fraction of sp³-hybridized carbons (Fsp3) is 0.348. The maximum atomic E-state index is 12.8. The van der Waals surface area contributed by atoms with Gasteiger partial charge < -0.3 is 10.1 Å². The van der Waals surface area contributed by atoms with Crippen molar-refractivity contribution >= 4 is 50.7 Å². The molecule has 0 spiro atoms. The van der Waals surface area contributed by atoms with Crippen molar-refractivity contribution in [1.82, 2.24) is 9.88 Å². The number of likely N-dealkylation sites (tertiary alicyclic amines) is 1. The zero-order valence-corrected chi connectivity index (χ0v) is 19.1. The number of hydrogen-bond donors (Lipinski definition) is 1. The van der Waals surface area contributed by atoms with Crippen molar-refractivity contribution in [3.63, 3.8) is 0 Å². The minimum Gasteiger partial charge on any atom is -0.465 e. The molecule has 1 amide bonds. The molecule has 1 aromatic carbocycles. The van der Waals surface area contributed by atoms with Gasteiger partial charge in [0.05, 0.1) is 29.1 Å². The normalized spacial score (nSPS) is 16.9. The highest BCUT2D eigenvalue weighted by molar-refractivity contribution is 7.21. The first-order valence-electron chi connectivity index (χ1n) is 10.2. The Morgan fingerprint density at radius 2 is 2.10 bits per heavy atom. The Morgan fingerprint density at radius 3 is 2.84 bits per heavy atom. The van der Waals surface area contributed by atoms with Crippen LogP contribution in [0.25, 0.3) is 10.2 Å². The van der Waals surface area contributed by atoms with Crippen LogP contribution in [0.15, 0.2) is 36.4 Å². The zero-order chi connectivity index (χ0) is 22.0. The molecule has 2 aromatic heterocycles. The number of piperidine rings is 1. The summed E-state index contributed by atoms with van der Waals surface area (Å²) >= 11 is 7.39. The third-order valence-corrected chi connectivity index (χ3v) is 6.88. The number of anilines is 1. The molecule has 3 aromatic rings. The van der Waals surface area contributed by atoms with Gasteiger partial charge in [-0.1, -0.05) is 30.7 Å². The Kier molecular flexibility index (Phi) is 6.55. The van der Waals surface area contributed by atoms with E-state index < -0.39 is 5.97 Å². The van der Waals surface area contributed by atoms with E-state index in [-0.39, 0.29) is 5.91 Å². The second-order valence-corrected chi connectivity index (χ2v) is 9.28. The molecular formula is C23H24ClN3O3S. The summed E-state index contributed by atoms with van der Waals surface area (Å²) in [6.07, 6.45) is 2.47. The van der Waals surface area contributed by atoms with Crippen LogP contribution in [-0.4, -0.2) is 42.0 Å². The highest BCUT2D eigenvalue weighted by atomic mass is 35.5. The van der Waals surface area contributed by atoms with Crippen molar-refractivity contribution in [1.29, 1.82) is 0 Å². The number of nitrogens with one attached hydrogen (secondary N) is 1. The van der Waals surface area contributed by atoms with Gasteiger partial charge in [0.2, 0.25) is 0 Å². The number of esters is 1. The van der Waals surface area contributed by atoms with Gasteiger partial charge in [0.15, 0.2) is 0 Å². The second kappa shape index (κ2) is 9.34. The van der Waals surface area contributed by atoms with Crippen molar-refractivity contribution in [2.45, 2.75) is 26.3 Å². The number of methoxy groups -OCH3 is 1. The van der Waals surface area contributed by atoms with Gasteiger partial charge in [-0.2, -0.15) is 0 Å². The molecule has 162 valence electrons. The average Bonchev–Trinajstić information content (AvgIpc) is 3.11. The predicted molar refractivity (Wildman–Crippen MR) is 124 cm³/mol. The molecular weight excluding hydrogens is 434 g/mol. The largest absolute Gasteiger partial charge is 0.465 e. The summed E-state index contributed by atoms with van der Waals surface area (Å²) in [5.41, 5.74) is 1.69. The predicted octanol–water partition coefficient (Wildman–Crippen LogP) is 5.22. The van der Waals surface area contributed by atoms with Crippen LogP contribution >= 0.6 is 22.9 Å². The minimum absolute atomic E-state index is 0.314. The Labute approximate surface area is 190 Å². The number of carbonyl (C=O) groups excluding carboxylic acids is 2. The Bertz CT molecular complexity index is 1130. The standard InChI is InChI=1S/C23H24ClN3O3S/c1-14-6-5-11-27(12-14)13-15-9-10-17-19(20(23(29)30-2)31-22(17)25-15)26-21(28)16-7-3-4-8-18(16)24/h3-4,7-10,14H,5-6,11-13H2,1-2H3,(H,26,28)/t14-/m0/s1. The molecule has 4 rings (SSSR count). The van der Waals surface area contributed by atoms with E-state index in [1.165, 1.54) is 31.3 Å². The Balaban J connectivity index is 1.66. The van der Waals surface area contributed by atoms with Crippen molar-refractivity contribution in [2.75, 3.05) is 25.5 Å². The van der Waals surface area contributed by atoms with Crippen LogP contribution in [0.4, 0.5) is 5.69 Å². The molecule has 31 heavy (non-hydrogen) atoms. The van der Waals surface area contributed by atoms with Crippen molar-refractivity contribution in [2.24, 2.45) is 5.92 Å². The first-order chi connectivity index (χ1) is 15.0. The van der Waals surface area contributed by atoms with Gasteiger partial charge in [0.1, 0.15) is 9.71 Å². The maximum Gasteiger partial charge on any atom is 0.350 e. The molecule has 0 bridgehead atoms. The fourth-order valence-electron chi connectivity index (χ4n) is 3.95. The van der Waals surface area contributed by atoms with Gasteiger partial charge >= 0.3 is 5.97 Å². The van der Waals surface area contributed by atoms with Gasteiger partial charge in [0.25, 0.3) is 5.91 Å². The number of ether oxygens (including phenoxy) is 1. The number of halogens is 1. The highest BCUT2D eigenvalue weighted by Gasteiger charge is 2.24. The lowest BCUT2D eigenvalue weighted by molar-refractivity contribution is 0.0607. The number of carbonyl (C=O) groups is 2. The summed E-state index contributed by atoms with van der Waals surface area (Å²) in [6.45, 7) is 5.18. The molecule has 8 heteroatoms. The van der Waals surface area contributed by atoms with E-state index >= 15 is 0 Å². The first kappa shape index (κ1) is 21.7. The summed E-state index contributed by atoms with van der Waals surface area (Å²) in [5, 5.41) is 3.90. The van der Waals surface area contributed by atoms with Crippen molar-refractivity contribution in [3.05, 3.63) is 57.6 Å². The summed E-state index contributed by atoms with van der Waals surface area (Å²) in [7, 11) is 1.32.